The van der Waals surface area contributed by atoms with Crippen molar-refractivity contribution in [3.63, 3.8) is 0 Å². The molecular formula is C12H15BrN2O3S. The van der Waals surface area contributed by atoms with Gasteiger partial charge in [0, 0.05) is 0 Å². The molecule has 0 radical (unpaired) electrons. The fourth-order valence-corrected chi connectivity index (χ4v) is 3.21. The molecule has 3 N–H and O–H groups in total. The van der Waals surface area contributed by atoms with Gasteiger partial charge in [-0.05, 0) is 48.2 Å². The Morgan fingerprint density at radius 2 is 2.16 bits per heavy atom. The number of amides is 1. The van der Waals surface area contributed by atoms with Gasteiger partial charge in [-0.1, -0.05) is 0 Å². The molecule has 0 spiro atoms. The summed E-state index contributed by atoms with van der Waals surface area (Å²) in [5.41, 5.74) is 5.73. The Labute approximate surface area is 123 Å². The number of carbonyl (C=O) groups excluding carboxylic acids is 2. The van der Waals surface area contributed by atoms with E-state index in [0.29, 0.717) is 29.3 Å². The second-order valence-electron chi connectivity index (χ2n) is 4.49. The first-order valence-electron chi connectivity index (χ1n) is 5.95. The molecule has 104 valence electrons. The van der Waals surface area contributed by atoms with E-state index in [9.17, 15) is 9.59 Å². The molecule has 0 aliphatic heterocycles. The number of hydrogen-bond donors (Lipinski definition) is 2. The molecule has 0 aromatic carbocycles. The van der Waals surface area contributed by atoms with Crippen LogP contribution in [-0.4, -0.2) is 24.0 Å². The predicted molar refractivity (Wildman–Crippen MR) is 77.2 cm³/mol. The van der Waals surface area contributed by atoms with E-state index in [1.54, 1.807) is 6.92 Å². The van der Waals surface area contributed by atoms with Gasteiger partial charge in [0.25, 0.3) is 5.91 Å². The lowest BCUT2D eigenvalue weighted by Crippen LogP contribution is -2.44. The molecule has 1 fully saturated rings. The van der Waals surface area contributed by atoms with Crippen LogP contribution in [0.3, 0.4) is 0 Å². The highest BCUT2D eigenvalue weighted by atomic mass is 79.9. The number of esters is 1. The Morgan fingerprint density at radius 1 is 1.53 bits per heavy atom. The molecule has 7 heteroatoms. The lowest BCUT2D eigenvalue weighted by molar-refractivity contribution is -0.146. The number of carbonyl (C=O) groups is 2. The van der Waals surface area contributed by atoms with Crippen LogP contribution in [0.15, 0.2) is 4.47 Å². The number of anilines is 1. The summed E-state index contributed by atoms with van der Waals surface area (Å²) in [6.45, 7) is 3.87. The monoisotopic (exact) mass is 346 g/mol. The summed E-state index contributed by atoms with van der Waals surface area (Å²) in [4.78, 5) is 24.5. The molecule has 19 heavy (non-hydrogen) atoms. The molecule has 1 aromatic rings. The van der Waals surface area contributed by atoms with E-state index in [0.717, 1.165) is 10.0 Å². The minimum Gasteiger partial charge on any atom is -0.464 e. The number of halogens is 1. The van der Waals surface area contributed by atoms with Gasteiger partial charge in [-0.15, -0.1) is 11.3 Å². The van der Waals surface area contributed by atoms with E-state index in [4.69, 9.17) is 10.5 Å². The number of hydrogen-bond acceptors (Lipinski definition) is 5. The van der Waals surface area contributed by atoms with Gasteiger partial charge in [0.15, 0.2) is 0 Å². The summed E-state index contributed by atoms with van der Waals surface area (Å²) in [5.74, 6) is -0.630. The normalized spacial score (nSPS) is 15.9. The number of ether oxygens (including phenoxy) is 1. The molecule has 1 aliphatic carbocycles. The third-order valence-electron chi connectivity index (χ3n) is 3.07. The van der Waals surface area contributed by atoms with Gasteiger partial charge in [0.05, 0.1) is 16.0 Å². The Hall–Kier alpha value is -1.08. The minimum absolute atomic E-state index is 0.273. The van der Waals surface area contributed by atoms with Crippen molar-refractivity contribution in [1.82, 2.24) is 5.32 Å². The van der Waals surface area contributed by atoms with Crippen LogP contribution < -0.4 is 11.1 Å². The first-order valence-corrected chi connectivity index (χ1v) is 7.56. The zero-order valence-corrected chi connectivity index (χ0v) is 13.1. The van der Waals surface area contributed by atoms with Crippen LogP contribution >= 0.6 is 27.3 Å². The average molecular weight is 347 g/mol. The van der Waals surface area contributed by atoms with Gasteiger partial charge >= 0.3 is 5.97 Å². The van der Waals surface area contributed by atoms with Gasteiger partial charge in [-0.25, -0.2) is 4.79 Å². The molecule has 1 saturated carbocycles. The topological polar surface area (TPSA) is 81.4 Å². The van der Waals surface area contributed by atoms with Crippen molar-refractivity contribution in [3.05, 3.63) is 14.9 Å². The lowest BCUT2D eigenvalue weighted by atomic mass is 10.2. The van der Waals surface area contributed by atoms with Crippen LogP contribution in [0, 0.1) is 6.92 Å². The van der Waals surface area contributed by atoms with Crippen LogP contribution in [0.2, 0.25) is 0 Å². The number of thiophene rings is 1. The summed E-state index contributed by atoms with van der Waals surface area (Å²) in [7, 11) is 0. The maximum Gasteiger partial charge on any atom is 0.331 e. The molecule has 2 rings (SSSR count). The van der Waals surface area contributed by atoms with Crippen molar-refractivity contribution in [2.24, 2.45) is 0 Å². The molecule has 0 saturated heterocycles. The predicted octanol–water partition coefficient (Wildman–Crippen LogP) is 2.23. The fourth-order valence-electron chi connectivity index (χ4n) is 1.78. The maximum absolute atomic E-state index is 12.2. The van der Waals surface area contributed by atoms with Crippen molar-refractivity contribution >= 4 is 44.1 Å². The molecule has 0 bridgehead atoms. The Morgan fingerprint density at radius 3 is 2.58 bits per heavy atom. The van der Waals surface area contributed by atoms with Crippen LogP contribution in [0.1, 0.15) is 35.0 Å². The maximum atomic E-state index is 12.2. The van der Waals surface area contributed by atoms with Crippen LogP contribution in [0.25, 0.3) is 0 Å². The summed E-state index contributed by atoms with van der Waals surface area (Å²) in [6, 6.07) is 0. The number of rotatable bonds is 4. The third-order valence-corrected chi connectivity index (χ3v) is 5.48. The Bertz CT molecular complexity index is 537. The molecule has 0 atom stereocenters. The second kappa shape index (κ2) is 5.13. The van der Waals surface area contributed by atoms with Crippen molar-refractivity contribution in [2.45, 2.75) is 32.2 Å². The van der Waals surface area contributed by atoms with E-state index in [1.165, 1.54) is 11.3 Å². The van der Waals surface area contributed by atoms with Crippen molar-refractivity contribution in [1.29, 1.82) is 0 Å². The van der Waals surface area contributed by atoms with Gasteiger partial charge in [-0.2, -0.15) is 0 Å². The number of nitrogens with one attached hydrogen (secondary N) is 1. The summed E-state index contributed by atoms with van der Waals surface area (Å²) in [5, 5.41) is 3.33. The van der Waals surface area contributed by atoms with E-state index < -0.39 is 5.54 Å². The second-order valence-corrected chi connectivity index (χ2v) is 6.34. The molecule has 1 aliphatic rings. The first kappa shape index (κ1) is 14.3. The van der Waals surface area contributed by atoms with Gasteiger partial charge in [-0.3, -0.25) is 4.79 Å². The van der Waals surface area contributed by atoms with Crippen molar-refractivity contribution < 1.29 is 14.3 Å². The summed E-state index contributed by atoms with van der Waals surface area (Å²) in [6.07, 6.45) is 1.25. The highest BCUT2D eigenvalue weighted by Crippen LogP contribution is 2.39. The van der Waals surface area contributed by atoms with Gasteiger partial charge < -0.3 is 15.8 Å². The lowest BCUT2D eigenvalue weighted by Gasteiger charge is -2.15. The molecule has 1 aromatic heterocycles. The van der Waals surface area contributed by atoms with E-state index in [1.807, 2.05) is 6.92 Å². The largest absolute Gasteiger partial charge is 0.464 e. The first-order chi connectivity index (χ1) is 8.91. The SMILES string of the molecule is CCOC(=O)C1(NC(=O)c2sc(N)c(Br)c2C)CC1. The standard InChI is InChI=1S/C12H15BrN2O3S/c1-3-18-11(17)12(4-5-12)15-10(16)8-6(2)7(13)9(14)19-8/h3-5,14H2,1-2H3,(H,15,16). The van der Waals surface area contributed by atoms with E-state index in [-0.39, 0.29) is 11.9 Å². The molecule has 1 heterocycles. The van der Waals surface area contributed by atoms with E-state index >= 15 is 0 Å². The van der Waals surface area contributed by atoms with Crippen LogP contribution in [-0.2, 0) is 9.53 Å². The Kier molecular flexibility index (Phi) is 3.87. The summed E-state index contributed by atoms with van der Waals surface area (Å²) >= 11 is 4.54. The minimum atomic E-state index is -0.829. The Balaban J connectivity index is 2.13. The smallest absolute Gasteiger partial charge is 0.331 e. The molecule has 5 nitrogen and oxygen atoms in total. The average Bonchev–Trinajstić information content (AvgIpc) is 3.09. The van der Waals surface area contributed by atoms with Crippen LogP contribution in [0.4, 0.5) is 5.00 Å². The summed E-state index contributed by atoms with van der Waals surface area (Å²) < 4.78 is 5.72. The molecule has 0 unspecified atom stereocenters. The van der Waals surface area contributed by atoms with Gasteiger partial charge in [0.1, 0.15) is 10.5 Å². The molecule has 1 amide bonds. The van der Waals surface area contributed by atoms with Crippen LogP contribution in [0.5, 0.6) is 0 Å². The third kappa shape index (κ3) is 2.62. The number of nitrogen functional groups attached to an aromatic ring is 1. The van der Waals surface area contributed by atoms with Gasteiger partial charge in [0.2, 0.25) is 0 Å². The van der Waals surface area contributed by atoms with E-state index in [2.05, 4.69) is 21.2 Å². The highest BCUT2D eigenvalue weighted by Gasteiger charge is 2.53. The fraction of sp³-hybridized carbons (Fsp3) is 0.500. The zero-order valence-electron chi connectivity index (χ0n) is 10.7. The quantitative estimate of drug-likeness (QED) is 0.819. The van der Waals surface area contributed by atoms with Crippen molar-refractivity contribution in [2.75, 3.05) is 12.3 Å². The zero-order chi connectivity index (χ0) is 14.2. The molecular weight excluding hydrogens is 332 g/mol. The van der Waals surface area contributed by atoms with Crippen molar-refractivity contribution in [3.8, 4) is 0 Å². The number of nitrogens with two attached hydrogens (primary N) is 1. The highest BCUT2D eigenvalue weighted by molar-refractivity contribution is 9.10.